The molecule has 0 unspecified atom stereocenters. The summed E-state index contributed by atoms with van der Waals surface area (Å²) in [6.07, 6.45) is 4.65. The number of allylic oxidation sites excluding steroid dienone is 2. The third-order valence-electron chi connectivity index (χ3n) is 4.48. The average Bonchev–Trinajstić information content (AvgIpc) is 2.49. The van der Waals surface area contributed by atoms with E-state index in [0.717, 1.165) is 5.56 Å². The van der Waals surface area contributed by atoms with Crippen molar-refractivity contribution >= 4 is 11.9 Å². The van der Waals surface area contributed by atoms with Crippen molar-refractivity contribution < 1.29 is 14.7 Å². The van der Waals surface area contributed by atoms with E-state index in [0.29, 0.717) is 12.8 Å². The highest BCUT2D eigenvalue weighted by molar-refractivity contribution is 5.85. The highest BCUT2D eigenvalue weighted by Gasteiger charge is 2.34. The topological polar surface area (TPSA) is 66.4 Å². The number of aliphatic carboxylic acids is 1. The summed E-state index contributed by atoms with van der Waals surface area (Å²) in [5.74, 6) is -2.20. The zero-order valence-electron chi connectivity index (χ0n) is 13.3. The minimum atomic E-state index is -0.900. The Morgan fingerprint density at radius 3 is 2.36 bits per heavy atom. The van der Waals surface area contributed by atoms with Gasteiger partial charge in [0.25, 0.3) is 0 Å². The number of amides is 1. The van der Waals surface area contributed by atoms with Crippen molar-refractivity contribution in [1.29, 1.82) is 0 Å². The van der Waals surface area contributed by atoms with E-state index < -0.39 is 17.8 Å². The Bertz CT molecular complexity index is 606. The molecule has 0 aromatic heterocycles. The predicted molar refractivity (Wildman–Crippen MR) is 85.5 cm³/mol. The third kappa shape index (κ3) is 3.56. The molecular weight excluding hydrogens is 278 g/mol. The predicted octanol–water partition coefficient (Wildman–Crippen LogP) is 3.15. The number of aryl methyl sites for hydroxylation is 2. The van der Waals surface area contributed by atoms with Gasteiger partial charge in [0, 0.05) is 0 Å². The molecule has 2 N–H and O–H groups in total. The molecule has 118 valence electrons. The van der Waals surface area contributed by atoms with Crippen LogP contribution in [0.4, 0.5) is 0 Å². The van der Waals surface area contributed by atoms with Gasteiger partial charge in [0.05, 0.1) is 17.9 Å². The monoisotopic (exact) mass is 301 g/mol. The van der Waals surface area contributed by atoms with Crippen LogP contribution in [0.15, 0.2) is 30.4 Å². The molecule has 0 radical (unpaired) electrons. The molecular formula is C18H23NO3. The first-order valence-electron chi connectivity index (χ1n) is 7.65. The molecule has 1 aliphatic rings. The van der Waals surface area contributed by atoms with Crippen LogP contribution in [0.25, 0.3) is 0 Å². The van der Waals surface area contributed by atoms with Gasteiger partial charge in [0.1, 0.15) is 0 Å². The van der Waals surface area contributed by atoms with Crippen molar-refractivity contribution in [2.75, 3.05) is 0 Å². The first-order chi connectivity index (χ1) is 10.4. The molecule has 22 heavy (non-hydrogen) atoms. The van der Waals surface area contributed by atoms with Gasteiger partial charge in [0.2, 0.25) is 5.91 Å². The summed E-state index contributed by atoms with van der Waals surface area (Å²) in [5, 5.41) is 12.2. The standard InChI is InChI=1S/C18H23NO3/c1-11-8-9-14(10-12(11)2)13(3)19-17(20)15-6-4-5-7-16(15)18(21)22/h4-5,8-10,13,15-16H,6-7H2,1-3H3,(H,19,20)(H,21,22)/t13-,15+,16-/m0/s1. The summed E-state index contributed by atoms with van der Waals surface area (Å²) in [4.78, 5) is 23.7. The minimum absolute atomic E-state index is 0.132. The lowest BCUT2D eigenvalue weighted by Gasteiger charge is -2.26. The molecule has 3 atom stereocenters. The fourth-order valence-corrected chi connectivity index (χ4v) is 2.81. The van der Waals surface area contributed by atoms with E-state index in [9.17, 15) is 14.7 Å². The number of hydrogen-bond acceptors (Lipinski definition) is 2. The lowest BCUT2D eigenvalue weighted by Crippen LogP contribution is -2.39. The van der Waals surface area contributed by atoms with Crippen LogP contribution in [0, 0.1) is 25.7 Å². The van der Waals surface area contributed by atoms with E-state index in [1.54, 1.807) is 0 Å². The summed E-state index contributed by atoms with van der Waals surface area (Å²) in [6.45, 7) is 6.02. The van der Waals surface area contributed by atoms with E-state index in [1.165, 1.54) is 11.1 Å². The molecule has 0 heterocycles. The smallest absolute Gasteiger partial charge is 0.307 e. The molecule has 4 heteroatoms. The van der Waals surface area contributed by atoms with Crippen LogP contribution >= 0.6 is 0 Å². The van der Waals surface area contributed by atoms with Gasteiger partial charge < -0.3 is 10.4 Å². The zero-order valence-corrected chi connectivity index (χ0v) is 13.3. The Morgan fingerprint density at radius 2 is 1.77 bits per heavy atom. The van der Waals surface area contributed by atoms with Crippen LogP contribution in [0.1, 0.15) is 42.5 Å². The van der Waals surface area contributed by atoms with Crippen molar-refractivity contribution in [3.63, 3.8) is 0 Å². The second kappa shape index (κ2) is 6.77. The number of hydrogen-bond donors (Lipinski definition) is 2. The van der Waals surface area contributed by atoms with Gasteiger partial charge >= 0.3 is 5.97 Å². The summed E-state index contributed by atoms with van der Waals surface area (Å²) in [6, 6.07) is 5.97. The lowest BCUT2D eigenvalue weighted by molar-refractivity contribution is -0.147. The zero-order chi connectivity index (χ0) is 16.3. The van der Waals surface area contributed by atoms with Gasteiger partial charge in [0.15, 0.2) is 0 Å². The van der Waals surface area contributed by atoms with Crippen molar-refractivity contribution in [3.8, 4) is 0 Å². The fraction of sp³-hybridized carbons (Fsp3) is 0.444. The van der Waals surface area contributed by atoms with Crippen molar-refractivity contribution in [1.82, 2.24) is 5.32 Å². The first kappa shape index (κ1) is 16.3. The first-order valence-corrected chi connectivity index (χ1v) is 7.65. The number of nitrogens with one attached hydrogen (secondary N) is 1. The number of carbonyl (C=O) groups is 2. The Balaban J connectivity index is 2.08. The Kier molecular flexibility index (Phi) is 5.01. The summed E-state index contributed by atoms with van der Waals surface area (Å²) in [7, 11) is 0. The van der Waals surface area contributed by atoms with Gasteiger partial charge in [-0.1, -0.05) is 30.4 Å². The number of carbonyl (C=O) groups excluding carboxylic acids is 1. The van der Waals surface area contributed by atoms with Crippen molar-refractivity contribution in [2.24, 2.45) is 11.8 Å². The highest BCUT2D eigenvalue weighted by Crippen LogP contribution is 2.27. The van der Waals surface area contributed by atoms with Crippen LogP contribution in [0.3, 0.4) is 0 Å². The maximum absolute atomic E-state index is 12.4. The number of carboxylic acid groups (broad SMARTS) is 1. The van der Waals surface area contributed by atoms with Crippen LogP contribution in [-0.2, 0) is 9.59 Å². The Labute approximate surface area is 131 Å². The maximum atomic E-state index is 12.4. The maximum Gasteiger partial charge on any atom is 0.307 e. The highest BCUT2D eigenvalue weighted by atomic mass is 16.4. The third-order valence-corrected chi connectivity index (χ3v) is 4.48. The fourth-order valence-electron chi connectivity index (χ4n) is 2.81. The van der Waals surface area contributed by atoms with E-state index in [4.69, 9.17) is 0 Å². The van der Waals surface area contributed by atoms with E-state index in [2.05, 4.69) is 11.4 Å². The second-order valence-electron chi connectivity index (χ2n) is 6.07. The Morgan fingerprint density at radius 1 is 1.14 bits per heavy atom. The quantitative estimate of drug-likeness (QED) is 0.840. The summed E-state index contributed by atoms with van der Waals surface area (Å²) in [5.41, 5.74) is 3.43. The van der Waals surface area contributed by atoms with Gasteiger partial charge in [-0.05, 0) is 50.3 Å². The molecule has 0 bridgehead atoms. The molecule has 0 saturated carbocycles. The van der Waals surface area contributed by atoms with E-state index in [1.807, 2.05) is 45.1 Å². The van der Waals surface area contributed by atoms with Gasteiger partial charge in [-0.2, -0.15) is 0 Å². The van der Waals surface area contributed by atoms with Crippen LogP contribution in [-0.4, -0.2) is 17.0 Å². The molecule has 4 nitrogen and oxygen atoms in total. The SMILES string of the molecule is Cc1ccc([C@H](C)NC(=O)[C@@H]2CC=CC[C@@H]2C(=O)O)cc1C. The second-order valence-corrected chi connectivity index (χ2v) is 6.07. The molecule has 0 aliphatic heterocycles. The van der Waals surface area contributed by atoms with Gasteiger partial charge in [-0.3, -0.25) is 9.59 Å². The largest absolute Gasteiger partial charge is 0.481 e. The van der Waals surface area contributed by atoms with Gasteiger partial charge in [-0.15, -0.1) is 0 Å². The number of rotatable bonds is 4. The lowest BCUT2D eigenvalue weighted by atomic mass is 9.82. The van der Waals surface area contributed by atoms with E-state index in [-0.39, 0.29) is 11.9 Å². The van der Waals surface area contributed by atoms with Gasteiger partial charge in [-0.25, -0.2) is 0 Å². The normalized spacial score (nSPS) is 22.1. The van der Waals surface area contributed by atoms with Crippen molar-refractivity contribution in [2.45, 2.75) is 39.7 Å². The molecule has 2 rings (SSSR count). The number of benzene rings is 1. The average molecular weight is 301 g/mol. The van der Waals surface area contributed by atoms with Crippen LogP contribution in [0.2, 0.25) is 0 Å². The van der Waals surface area contributed by atoms with E-state index >= 15 is 0 Å². The molecule has 0 fully saturated rings. The van der Waals surface area contributed by atoms with Crippen LogP contribution in [0.5, 0.6) is 0 Å². The molecule has 1 aromatic rings. The number of carboxylic acids is 1. The van der Waals surface area contributed by atoms with Crippen LogP contribution < -0.4 is 5.32 Å². The molecule has 0 saturated heterocycles. The molecule has 1 aliphatic carbocycles. The molecule has 1 aromatic carbocycles. The molecule has 1 amide bonds. The Hall–Kier alpha value is -2.10. The molecule has 0 spiro atoms. The summed E-state index contributed by atoms with van der Waals surface area (Å²) >= 11 is 0. The summed E-state index contributed by atoms with van der Waals surface area (Å²) < 4.78 is 0. The van der Waals surface area contributed by atoms with Crippen molar-refractivity contribution in [3.05, 3.63) is 47.0 Å². The minimum Gasteiger partial charge on any atom is -0.481 e.